The molecule has 2 aromatic rings. The molecule has 0 saturated carbocycles. The normalized spacial score (nSPS) is 15.6. The van der Waals surface area contributed by atoms with Gasteiger partial charge < -0.3 is 15.8 Å². The van der Waals surface area contributed by atoms with E-state index < -0.39 is 21.8 Å². The van der Waals surface area contributed by atoms with Crippen LogP contribution < -0.4 is 11.1 Å². The third-order valence-corrected chi connectivity index (χ3v) is 7.41. The van der Waals surface area contributed by atoms with Crippen LogP contribution in [0.1, 0.15) is 33.5 Å². The number of carbonyl (C=O) groups is 2. The highest BCUT2D eigenvalue weighted by Gasteiger charge is 2.30. The lowest BCUT2D eigenvalue weighted by atomic mass is 10.3. The third kappa shape index (κ3) is 4.03. The smallest absolute Gasteiger partial charge is 0.276 e. The van der Waals surface area contributed by atoms with Gasteiger partial charge in [-0.25, -0.2) is 8.42 Å². The summed E-state index contributed by atoms with van der Waals surface area (Å²) in [5.41, 5.74) is 6.20. The van der Waals surface area contributed by atoms with E-state index in [0.29, 0.717) is 19.6 Å². The number of sulfonamides is 1. The Morgan fingerprint density at radius 3 is 2.67 bits per heavy atom. The second kappa shape index (κ2) is 7.76. The van der Waals surface area contributed by atoms with E-state index in [1.54, 1.807) is 6.07 Å². The fourth-order valence-corrected chi connectivity index (χ4v) is 5.44. The van der Waals surface area contributed by atoms with Crippen molar-refractivity contribution in [2.75, 3.05) is 31.6 Å². The number of morpholine rings is 1. The fourth-order valence-electron chi connectivity index (χ4n) is 2.51. The lowest BCUT2D eigenvalue weighted by Gasteiger charge is -2.25. The Kier molecular flexibility index (Phi) is 5.60. The average molecular weight is 413 g/mol. The number of nitrogens with one attached hydrogen (secondary N) is 2. The molecule has 10 nitrogen and oxygen atoms in total. The molecule has 1 saturated heterocycles. The van der Waals surface area contributed by atoms with Gasteiger partial charge in [0.1, 0.15) is 9.21 Å². The summed E-state index contributed by atoms with van der Waals surface area (Å²) < 4.78 is 31.9. The van der Waals surface area contributed by atoms with Crippen molar-refractivity contribution < 1.29 is 22.7 Å². The first-order chi connectivity index (χ1) is 12.8. The summed E-state index contributed by atoms with van der Waals surface area (Å²) in [6.07, 6.45) is 0.674. The van der Waals surface area contributed by atoms with Crippen LogP contribution in [-0.4, -0.2) is 61.0 Å². The van der Waals surface area contributed by atoms with Crippen LogP contribution in [0.2, 0.25) is 0 Å². The van der Waals surface area contributed by atoms with Gasteiger partial charge in [-0.1, -0.05) is 6.92 Å². The Morgan fingerprint density at radius 2 is 2.07 bits per heavy atom. The fraction of sp³-hybridized carbons (Fsp3) is 0.400. The van der Waals surface area contributed by atoms with Gasteiger partial charge in [-0.3, -0.25) is 14.7 Å². The molecule has 12 heteroatoms. The molecule has 3 rings (SSSR count). The number of primary amides is 1. The molecule has 27 heavy (non-hydrogen) atoms. The number of aromatic nitrogens is 2. The van der Waals surface area contributed by atoms with Gasteiger partial charge in [0.05, 0.1) is 18.8 Å². The van der Waals surface area contributed by atoms with E-state index in [9.17, 15) is 18.0 Å². The van der Waals surface area contributed by atoms with Gasteiger partial charge in [0.25, 0.3) is 21.8 Å². The van der Waals surface area contributed by atoms with Gasteiger partial charge in [0.15, 0.2) is 5.69 Å². The molecular weight excluding hydrogens is 394 g/mol. The Morgan fingerprint density at radius 1 is 1.37 bits per heavy atom. The first kappa shape index (κ1) is 19.5. The minimum atomic E-state index is -3.81. The van der Waals surface area contributed by atoms with Gasteiger partial charge in [-0.05, 0) is 18.6 Å². The summed E-state index contributed by atoms with van der Waals surface area (Å²) in [4.78, 5) is 24.1. The van der Waals surface area contributed by atoms with E-state index in [0.717, 1.165) is 17.0 Å². The molecule has 1 aliphatic rings. The summed E-state index contributed by atoms with van der Waals surface area (Å²) in [6, 6.07) is 2.77. The molecule has 1 fully saturated rings. The monoisotopic (exact) mass is 413 g/mol. The number of hydrogen-bond acceptors (Lipinski definition) is 7. The largest absolute Gasteiger partial charge is 0.379 e. The van der Waals surface area contributed by atoms with Crippen molar-refractivity contribution in [1.29, 1.82) is 0 Å². The number of nitrogens with two attached hydrogens (primary N) is 1. The van der Waals surface area contributed by atoms with Crippen LogP contribution in [0.15, 0.2) is 16.3 Å². The molecule has 0 aromatic carbocycles. The lowest BCUT2D eigenvalue weighted by Crippen LogP contribution is -2.40. The van der Waals surface area contributed by atoms with Crippen molar-refractivity contribution >= 4 is 38.2 Å². The van der Waals surface area contributed by atoms with Gasteiger partial charge in [0, 0.05) is 18.8 Å². The summed E-state index contributed by atoms with van der Waals surface area (Å²) in [5, 5.41) is 9.22. The van der Waals surface area contributed by atoms with Gasteiger partial charge >= 0.3 is 0 Å². The van der Waals surface area contributed by atoms with Crippen LogP contribution in [0.4, 0.5) is 5.00 Å². The Labute approximate surface area is 159 Å². The maximum atomic E-state index is 12.8. The first-order valence-electron chi connectivity index (χ1n) is 8.20. The Hall–Kier alpha value is -2.28. The Balaban J connectivity index is 1.89. The van der Waals surface area contributed by atoms with Gasteiger partial charge in [-0.15, -0.1) is 11.3 Å². The number of H-pyrrole nitrogens is 1. The quantitative estimate of drug-likeness (QED) is 0.625. The molecule has 0 radical (unpaired) electrons. The molecule has 3 heterocycles. The van der Waals surface area contributed by atoms with Crippen LogP contribution in [-0.2, 0) is 21.2 Å². The van der Waals surface area contributed by atoms with Gasteiger partial charge in [0.2, 0.25) is 0 Å². The minimum absolute atomic E-state index is 0.0635. The SMILES string of the molecule is CCc1cc(C(=O)Nc2sc(S(=O)(=O)N3CCOCC3)cc2C(N)=O)n[nH]1. The number of nitrogens with zero attached hydrogens (tertiary/aromatic N) is 2. The number of anilines is 1. The molecule has 0 bridgehead atoms. The average Bonchev–Trinajstić information content (AvgIpc) is 3.29. The van der Waals surface area contributed by atoms with Crippen molar-refractivity contribution in [3.05, 3.63) is 29.1 Å². The van der Waals surface area contributed by atoms with E-state index >= 15 is 0 Å². The van der Waals surface area contributed by atoms with Crippen LogP contribution in [0.5, 0.6) is 0 Å². The summed E-state index contributed by atoms with van der Waals surface area (Å²) in [6.45, 7) is 2.95. The van der Waals surface area contributed by atoms with Gasteiger partial charge in [-0.2, -0.15) is 9.40 Å². The number of aromatic amines is 1. The highest BCUT2D eigenvalue weighted by Crippen LogP contribution is 2.33. The molecule has 0 aliphatic carbocycles. The van der Waals surface area contributed by atoms with E-state index in [2.05, 4.69) is 15.5 Å². The summed E-state index contributed by atoms with van der Waals surface area (Å²) in [7, 11) is -3.81. The van der Waals surface area contributed by atoms with E-state index in [-0.39, 0.29) is 33.6 Å². The summed E-state index contributed by atoms with van der Waals surface area (Å²) >= 11 is 0.783. The number of carbonyl (C=O) groups excluding carboxylic acids is 2. The van der Waals surface area contributed by atoms with Crippen molar-refractivity contribution in [1.82, 2.24) is 14.5 Å². The molecular formula is C15H19N5O5S2. The minimum Gasteiger partial charge on any atom is -0.379 e. The Bertz CT molecular complexity index is 959. The van der Waals surface area contributed by atoms with Crippen LogP contribution in [0.25, 0.3) is 0 Å². The van der Waals surface area contributed by atoms with Crippen LogP contribution in [0, 0.1) is 0 Å². The zero-order valence-corrected chi connectivity index (χ0v) is 16.2. The molecule has 1 aliphatic heterocycles. The van der Waals surface area contributed by atoms with E-state index in [4.69, 9.17) is 10.5 Å². The van der Waals surface area contributed by atoms with Crippen LogP contribution >= 0.6 is 11.3 Å². The van der Waals surface area contributed by atoms with E-state index in [1.165, 1.54) is 10.4 Å². The number of amides is 2. The second-order valence-corrected chi connectivity index (χ2v) is 8.99. The number of ether oxygens (including phenoxy) is 1. The maximum absolute atomic E-state index is 12.8. The third-order valence-electron chi connectivity index (χ3n) is 4.01. The number of aryl methyl sites for hydroxylation is 1. The first-order valence-corrected chi connectivity index (χ1v) is 10.5. The zero-order valence-electron chi connectivity index (χ0n) is 14.5. The predicted molar refractivity (Wildman–Crippen MR) is 98.3 cm³/mol. The maximum Gasteiger partial charge on any atom is 0.276 e. The molecule has 2 aromatic heterocycles. The van der Waals surface area contributed by atoms with Crippen LogP contribution in [0.3, 0.4) is 0 Å². The zero-order chi connectivity index (χ0) is 19.6. The molecule has 0 atom stereocenters. The number of rotatable bonds is 6. The predicted octanol–water partition coefficient (Wildman–Crippen LogP) is 0.406. The molecule has 0 spiro atoms. The standard InChI is InChI=1S/C15H19N5O5S2/c1-2-9-7-11(19-18-9)14(22)17-15-10(13(16)21)8-12(26-15)27(23,24)20-3-5-25-6-4-20/h7-8H,2-6H2,1H3,(H2,16,21)(H,17,22)(H,18,19). The van der Waals surface area contributed by atoms with E-state index in [1.807, 2.05) is 6.92 Å². The summed E-state index contributed by atoms with van der Waals surface area (Å²) in [5.74, 6) is -1.40. The topological polar surface area (TPSA) is 147 Å². The highest BCUT2D eigenvalue weighted by molar-refractivity contribution is 7.91. The van der Waals surface area contributed by atoms with Crippen molar-refractivity contribution in [3.8, 4) is 0 Å². The molecule has 2 amide bonds. The van der Waals surface area contributed by atoms with Crippen molar-refractivity contribution in [3.63, 3.8) is 0 Å². The van der Waals surface area contributed by atoms with Crippen molar-refractivity contribution in [2.45, 2.75) is 17.6 Å². The molecule has 0 unspecified atom stereocenters. The highest BCUT2D eigenvalue weighted by atomic mass is 32.2. The second-order valence-electron chi connectivity index (χ2n) is 5.78. The lowest BCUT2D eigenvalue weighted by molar-refractivity contribution is 0.0731. The number of thiophene rings is 1. The van der Waals surface area contributed by atoms with Crippen molar-refractivity contribution in [2.24, 2.45) is 5.73 Å². The molecule has 146 valence electrons. The molecule has 4 N–H and O–H groups in total. The number of hydrogen-bond donors (Lipinski definition) is 3.